The zero-order chi connectivity index (χ0) is 8.97. The Labute approximate surface area is 76.4 Å². The van der Waals surface area contributed by atoms with Gasteiger partial charge in [-0.1, -0.05) is 26.8 Å². The van der Waals surface area contributed by atoms with E-state index in [1.54, 1.807) is 0 Å². The van der Waals surface area contributed by atoms with Crippen LogP contribution in [0.25, 0.3) is 0 Å². The maximum Gasteiger partial charge on any atom is -0.0152 e. The summed E-state index contributed by atoms with van der Waals surface area (Å²) in [6, 6.07) is 0. The number of rotatable bonds is 2. The average molecular weight is 164 g/mol. The van der Waals surface area contributed by atoms with Crippen LogP contribution in [0.4, 0.5) is 0 Å². The van der Waals surface area contributed by atoms with Crippen molar-refractivity contribution in [1.29, 1.82) is 0 Å². The second-order valence-corrected chi connectivity index (χ2v) is 4.22. The Kier molecular flexibility index (Phi) is 3.62. The van der Waals surface area contributed by atoms with Crippen LogP contribution in [0.5, 0.6) is 0 Å². The van der Waals surface area contributed by atoms with E-state index in [2.05, 4.69) is 32.2 Å². The fourth-order valence-electron chi connectivity index (χ4n) is 2.44. The summed E-state index contributed by atoms with van der Waals surface area (Å²) >= 11 is 0. The molecule has 0 aromatic carbocycles. The average Bonchev–Trinajstić information content (AvgIpc) is 2.04. The van der Waals surface area contributed by atoms with E-state index in [0.717, 1.165) is 17.8 Å². The molecule has 1 fully saturated rings. The summed E-state index contributed by atoms with van der Waals surface area (Å²) in [4.78, 5) is 0. The van der Waals surface area contributed by atoms with Gasteiger partial charge in [-0.25, -0.2) is 0 Å². The molecule has 68 valence electrons. The zero-order valence-electron chi connectivity index (χ0n) is 8.34. The van der Waals surface area contributed by atoms with Crippen molar-refractivity contribution >= 4 is 0 Å². The molecule has 1 aliphatic carbocycles. The van der Waals surface area contributed by atoms with E-state index >= 15 is 0 Å². The molecule has 0 heterocycles. The Morgan fingerprint density at radius 1 is 1.42 bits per heavy atom. The van der Waals surface area contributed by atoms with Crippen LogP contribution in [0.2, 0.25) is 0 Å². The Bertz CT molecular complexity index is 174. The Morgan fingerprint density at radius 2 is 2.17 bits per heavy atom. The molecule has 0 aliphatic heterocycles. The van der Waals surface area contributed by atoms with Gasteiger partial charge in [0.05, 0.1) is 0 Å². The van der Waals surface area contributed by atoms with E-state index in [1.807, 2.05) is 0 Å². The fourth-order valence-corrected chi connectivity index (χ4v) is 2.44. The van der Waals surface area contributed by atoms with Crippen molar-refractivity contribution in [3.63, 3.8) is 0 Å². The van der Waals surface area contributed by atoms with Crippen LogP contribution in [0.1, 0.15) is 39.5 Å². The summed E-state index contributed by atoms with van der Waals surface area (Å²) in [7, 11) is 0. The van der Waals surface area contributed by atoms with Gasteiger partial charge in [0.1, 0.15) is 0 Å². The summed E-state index contributed by atoms with van der Waals surface area (Å²) in [6.07, 6.45) is 7.64. The third-order valence-electron chi connectivity index (χ3n) is 3.01. The van der Waals surface area contributed by atoms with E-state index in [-0.39, 0.29) is 0 Å². The molecular weight excluding hydrogens is 144 g/mol. The lowest BCUT2D eigenvalue weighted by molar-refractivity contribution is 0.232. The van der Waals surface area contributed by atoms with Crippen LogP contribution >= 0.6 is 0 Å². The van der Waals surface area contributed by atoms with E-state index in [4.69, 9.17) is 0 Å². The van der Waals surface area contributed by atoms with E-state index in [0.29, 0.717) is 0 Å². The van der Waals surface area contributed by atoms with Gasteiger partial charge in [0, 0.05) is 0 Å². The second kappa shape index (κ2) is 4.52. The lowest BCUT2D eigenvalue weighted by Crippen LogP contribution is -2.19. The molecule has 1 aliphatic rings. The van der Waals surface area contributed by atoms with Crippen LogP contribution < -0.4 is 0 Å². The van der Waals surface area contributed by atoms with Gasteiger partial charge in [-0.15, -0.1) is 5.73 Å². The van der Waals surface area contributed by atoms with Crippen molar-refractivity contribution in [1.82, 2.24) is 0 Å². The molecule has 0 heteroatoms. The quantitative estimate of drug-likeness (QED) is 0.545. The summed E-state index contributed by atoms with van der Waals surface area (Å²) in [5.41, 5.74) is 2.93. The monoisotopic (exact) mass is 164 g/mol. The summed E-state index contributed by atoms with van der Waals surface area (Å²) in [5.74, 6) is 2.61. The Morgan fingerprint density at radius 3 is 2.75 bits per heavy atom. The minimum atomic E-state index is 0.760. The highest BCUT2D eigenvalue weighted by Crippen LogP contribution is 2.35. The Balaban J connectivity index is 2.50. The van der Waals surface area contributed by atoms with E-state index in [1.165, 1.54) is 25.7 Å². The first-order chi connectivity index (χ1) is 5.76. The third kappa shape index (κ3) is 2.53. The first kappa shape index (κ1) is 9.61. The van der Waals surface area contributed by atoms with Gasteiger partial charge in [-0.05, 0) is 43.1 Å². The maximum atomic E-state index is 3.65. The molecule has 1 saturated carbocycles. The molecule has 12 heavy (non-hydrogen) atoms. The minimum absolute atomic E-state index is 0.760. The summed E-state index contributed by atoms with van der Waals surface area (Å²) in [5, 5.41) is 0. The second-order valence-electron chi connectivity index (χ2n) is 4.22. The molecule has 0 spiro atoms. The molecular formula is C12H20. The smallest absolute Gasteiger partial charge is 0.0152 e. The molecule has 0 nitrogen and oxygen atoms in total. The van der Waals surface area contributed by atoms with E-state index < -0.39 is 0 Å². The SMILES string of the molecule is C=C=CC1CC(C)CC(CC)C1. The van der Waals surface area contributed by atoms with Crippen LogP contribution in [-0.2, 0) is 0 Å². The largest absolute Gasteiger partial charge is 0.133 e. The molecule has 0 aromatic rings. The zero-order valence-corrected chi connectivity index (χ0v) is 8.34. The summed E-state index contributed by atoms with van der Waals surface area (Å²) in [6.45, 7) is 8.32. The predicted octanol–water partition coefficient (Wildman–Crippen LogP) is 3.79. The first-order valence-electron chi connectivity index (χ1n) is 5.12. The normalized spacial score (nSPS) is 35.7. The highest BCUT2D eigenvalue weighted by Gasteiger charge is 2.23. The molecule has 0 amide bonds. The predicted molar refractivity (Wildman–Crippen MR) is 54.0 cm³/mol. The van der Waals surface area contributed by atoms with Crippen LogP contribution in [0.15, 0.2) is 18.4 Å². The first-order valence-corrected chi connectivity index (χ1v) is 5.12. The molecule has 0 saturated heterocycles. The minimum Gasteiger partial charge on any atom is -0.133 e. The molecule has 1 rings (SSSR count). The van der Waals surface area contributed by atoms with Gasteiger partial charge in [0.15, 0.2) is 0 Å². The number of hydrogen-bond acceptors (Lipinski definition) is 0. The number of hydrogen-bond donors (Lipinski definition) is 0. The highest BCUT2D eigenvalue weighted by atomic mass is 14.3. The van der Waals surface area contributed by atoms with Gasteiger partial charge in [-0.3, -0.25) is 0 Å². The van der Waals surface area contributed by atoms with Gasteiger partial charge in [-0.2, -0.15) is 0 Å². The van der Waals surface area contributed by atoms with Crippen molar-refractivity contribution in [2.45, 2.75) is 39.5 Å². The molecule has 0 aromatic heterocycles. The molecule has 0 radical (unpaired) electrons. The lowest BCUT2D eigenvalue weighted by Gasteiger charge is -2.30. The van der Waals surface area contributed by atoms with Crippen LogP contribution in [-0.4, -0.2) is 0 Å². The summed E-state index contributed by atoms with van der Waals surface area (Å²) < 4.78 is 0. The number of allylic oxidation sites excluding steroid dienone is 1. The van der Waals surface area contributed by atoms with Crippen molar-refractivity contribution in [2.24, 2.45) is 17.8 Å². The van der Waals surface area contributed by atoms with Crippen LogP contribution in [0.3, 0.4) is 0 Å². The highest BCUT2D eigenvalue weighted by molar-refractivity contribution is 4.89. The third-order valence-corrected chi connectivity index (χ3v) is 3.01. The van der Waals surface area contributed by atoms with Gasteiger partial charge in [0.2, 0.25) is 0 Å². The molecule has 0 N–H and O–H groups in total. The maximum absolute atomic E-state index is 3.65. The lowest BCUT2D eigenvalue weighted by atomic mass is 9.75. The van der Waals surface area contributed by atoms with Crippen molar-refractivity contribution in [2.75, 3.05) is 0 Å². The van der Waals surface area contributed by atoms with Gasteiger partial charge < -0.3 is 0 Å². The molecule has 3 unspecified atom stereocenters. The van der Waals surface area contributed by atoms with Crippen molar-refractivity contribution in [3.05, 3.63) is 18.4 Å². The van der Waals surface area contributed by atoms with Crippen molar-refractivity contribution in [3.8, 4) is 0 Å². The Hall–Kier alpha value is -0.480. The van der Waals surface area contributed by atoms with E-state index in [9.17, 15) is 0 Å². The standard InChI is InChI=1S/C12H20/c1-4-6-12-8-10(3)7-11(5-2)9-12/h6,10-12H,1,5,7-9H2,2-3H3. The fraction of sp³-hybridized carbons (Fsp3) is 0.750. The topological polar surface area (TPSA) is 0 Å². The molecule has 3 atom stereocenters. The van der Waals surface area contributed by atoms with Gasteiger partial charge in [0.25, 0.3) is 0 Å². The van der Waals surface area contributed by atoms with Gasteiger partial charge >= 0.3 is 0 Å². The van der Waals surface area contributed by atoms with Crippen LogP contribution in [0, 0.1) is 17.8 Å². The van der Waals surface area contributed by atoms with Crippen molar-refractivity contribution < 1.29 is 0 Å². The molecule has 0 bridgehead atoms.